The highest BCUT2D eigenvalue weighted by molar-refractivity contribution is 5.88. The number of benzene rings is 3. The Morgan fingerprint density at radius 2 is 1.80 bits per heavy atom. The van der Waals surface area contributed by atoms with Crippen molar-refractivity contribution in [2.24, 2.45) is 11.7 Å². The molecule has 0 unspecified atom stereocenters. The summed E-state index contributed by atoms with van der Waals surface area (Å²) in [5.41, 5.74) is 13.6. The van der Waals surface area contributed by atoms with Crippen molar-refractivity contribution >= 4 is 11.7 Å². The minimum absolute atomic E-state index is 0.175. The molecule has 7 nitrogen and oxygen atoms in total. The minimum atomic E-state index is -0.610. The summed E-state index contributed by atoms with van der Waals surface area (Å²) in [6.45, 7) is 10.8. The Morgan fingerprint density at radius 3 is 2.50 bits per heavy atom. The SMILES string of the molecule is Cc1cccc(F)c1CN1CCc2nn(-c3c(C)cccc3OCC(C)C)c(-c3ccc(NC(N)=O)cc3)c2C1. The van der Waals surface area contributed by atoms with Crippen LogP contribution in [0.5, 0.6) is 5.75 Å². The molecule has 5 rings (SSSR count). The van der Waals surface area contributed by atoms with Gasteiger partial charge < -0.3 is 15.8 Å². The van der Waals surface area contributed by atoms with Crippen molar-refractivity contribution in [1.29, 1.82) is 0 Å². The van der Waals surface area contributed by atoms with Crippen LogP contribution in [-0.2, 0) is 19.5 Å². The molecule has 0 fully saturated rings. The number of hydrogen-bond donors (Lipinski definition) is 2. The van der Waals surface area contributed by atoms with Gasteiger partial charge in [0.1, 0.15) is 17.3 Å². The Labute approximate surface area is 234 Å². The number of nitrogens with two attached hydrogens (primary N) is 1. The summed E-state index contributed by atoms with van der Waals surface area (Å²) < 4.78 is 23.0. The lowest BCUT2D eigenvalue weighted by Crippen LogP contribution is -2.30. The molecular formula is C32H36FN5O2. The van der Waals surface area contributed by atoms with Crippen molar-refractivity contribution in [3.05, 3.63) is 94.4 Å². The van der Waals surface area contributed by atoms with Crippen LogP contribution in [0.2, 0.25) is 0 Å². The second-order valence-corrected chi connectivity index (χ2v) is 10.9. The van der Waals surface area contributed by atoms with Gasteiger partial charge >= 0.3 is 6.03 Å². The molecule has 208 valence electrons. The number of amides is 2. The number of aromatic nitrogens is 2. The maximum Gasteiger partial charge on any atom is 0.316 e. The van der Waals surface area contributed by atoms with Crippen LogP contribution < -0.4 is 15.8 Å². The second-order valence-electron chi connectivity index (χ2n) is 10.9. The van der Waals surface area contributed by atoms with Gasteiger partial charge in [-0.25, -0.2) is 13.9 Å². The summed E-state index contributed by atoms with van der Waals surface area (Å²) in [5, 5.41) is 7.77. The number of aryl methyl sites for hydroxylation is 2. The molecule has 8 heteroatoms. The van der Waals surface area contributed by atoms with Crippen molar-refractivity contribution in [1.82, 2.24) is 14.7 Å². The zero-order valence-corrected chi connectivity index (χ0v) is 23.5. The average Bonchev–Trinajstić information content (AvgIpc) is 3.28. The Hall–Kier alpha value is -4.17. The van der Waals surface area contributed by atoms with Crippen LogP contribution in [0.15, 0.2) is 60.7 Å². The van der Waals surface area contributed by atoms with Gasteiger partial charge in [-0.2, -0.15) is 5.10 Å². The predicted molar refractivity (Wildman–Crippen MR) is 156 cm³/mol. The quantitative estimate of drug-likeness (QED) is 0.271. The first-order chi connectivity index (χ1) is 19.2. The molecule has 4 aromatic rings. The fourth-order valence-electron chi connectivity index (χ4n) is 5.24. The number of para-hydroxylation sites is 1. The smallest absolute Gasteiger partial charge is 0.316 e. The topological polar surface area (TPSA) is 85.4 Å². The number of halogens is 1. The number of carbonyl (C=O) groups is 1. The Kier molecular flexibility index (Phi) is 7.89. The molecule has 0 atom stereocenters. The molecule has 3 aromatic carbocycles. The highest BCUT2D eigenvalue weighted by Crippen LogP contribution is 2.37. The monoisotopic (exact) mass is 541 g/mol. The Morgan fingerprint density at radius 1 is 1.07 bits per heavy atom. The second kappa shape index (κ2) is 11.5. The molecule has 0 saturated heterocycles. The van der Waals surface area contributed by atoms with Gasteiger partial charge in [0.15, 0.2) is 0 Å². The standard InChI is InChI=1S/C32H36FN5O2/c1-20(2)19-40-29-10-6-8-22(4)30(29)38-31(23-11-13-24(14-12-23)35-32(34)39)26-18-37(16-15-28(26)36-38)17-25-21(3)7-5-9-27(25)33/h5-14,20H,15-19H2,1-4H3,(H3,34,35,39). The van der Waals surface area contributed by atoms with Crippen molar-refractivity contribution in [3.63, 3.8) is 0 Å². The van der Waals surface area contributed by atoms with Crippen LogP contribution in [0.3, 0.4) is 0 Å². The molecule has 0 bridgehead atoms. The molecule has 40 heavy (non-hydrogen) atoms. The average molecular weight is 542 g/mol. The van der Waals surface area contributed by atoms with Crippen LogP contribution in [0.1, 0.15) is 41.8 Å². The fraction of sp³-hybridized carbons (Fsp3) is 0.312. The number of nitrogens with one attached hydrogen (secondary N) is 1. The number of rotatable bonds is 8. The summed E-state index contributed by atoms with van der Waals surface area (Å²) in [4.78, 5) is 13.7. The highest BCUT2D eigenvalue weighted by Gasteiger charge is 2.28. The first-order valence-corrected chi connectivity index (χ1v) is 13.7. The number of urea groups is 1. The predicted octanol–water partition coefficient (Wildman–Crippen LogP) is 6.38. The fourth-order valence-corrected chi connectivity index (χ4v) is 5.24. The lowest BCUT2D eigenvalue weighted by molar-refractivity contribution is 0.241. The van der Waals surface area contributed by atoms with Gasteiger partial charge in [0.25, 0.3) is 0 Å². The number of hydrogen-bond acceptors (Lipinski definition) is 4. The van der Waals surface area contributed by atoms with Gasteiger partial charge in [-0.3, -0.25) is 4.90 Å². The zero-order valence-electron chi connectivity index (χ0n) is 23.5. The zero-order chi connectivity index (χ0) is 28.4. The molecule has 1 aromatic heterocycles. The maximum absolute atomic E-state index is 14.7. The van der Waals surface area contributed by atoms with E-state index in [1.54, 1.807) is 6.07 Å². The number of fused-ring (bicyclic) bond motifs is 1. The van der Waals surface area contributed by atoms with Crippen molar-refractivity contribution in [2.75, 3.05) is 18.5 Å². The molecule has 3 N–H and O–H groups in total. The molecular weight excluding hydrogens is 505 g/mol. The number of primary amides is 1. The van der Waals surface area contributed by atoms with Crippen LogP contribution in [0.25, 0.3) is 16.9 Å². The van der Waals surface area contributed by atoms with Gasteiger partial charge in [-0.05, 0) is 55.2 Å². The summed E-state index contributed by atoms with van der Waals surface area (Å²) >= 11 is 0. The summed E-state index contributed by atoms with van der Waals surface area (Å²) in [7, 11) is 0. The van der Waals surface area contributed by atoms with Crippen molar-refractivity contribution < 1.29 is 13.9 Å². The van der Waals surface area contributed by atoms with E-state index in [0.29, 0.717) is 31.3 Å². The summed E-state index contributed by atoms with van der Waals surface area (Å²) in [6, 6.07) is 18.3. The first-order valence-electron chi connectivity index (χ1n) is 13.7. The summed E-state index contributed by atoms with van der Waals surface area (Å²) in [5.74, 6) is 0.978. The molecule has 1 aliphatic rings. The van der Waals surface area contributed by atoms with Gasteiger partial charge in [0, 0.05) is 48.4 Å². The largest absolute Gasteiger partial charge is 0.491 e. The normalized spacial score (nSPS) is 13.3. The first kappa shape index (κ1) is 27.4. The van der Waals surface area contributed by atoms with Gasteiger partial charge in [-0.1, -0.05) is 50.2 Å². The van der Waals surface area contributed by atoms with E-state index in [1.165, 1.54) is 6.07 Å². The van der Waals surface area contributed by atoms with E-state index in [-0.39, 0.29) is 5.82 Å². The van der Waals surface area contributed by atoms with Crippen LogP contribution in [0, 0.1) is 25.6 Å². The Bertz CT molecular complexity index is 1510. The van der Waals surface area contributed by atoms with Crippen LogP contribution in [0.4, 0.5) is 14.9 Å². The number of anilines is 1. The number of carbonyl (C=O) groups excluding carboxylic acids is 1. The van der Waals surface area contributed by atoms with Crippen LogP contribution in [-0.4, -0.2) is 33.9 Å². The lowest BCUT2D eigenvalue weighted by atomic mass is 9.99. The summed E-state index contributed by atoms with van der Waals surface area (Å²) in [6.07, 6.45) is 0.748. The third kappa shape index (κ3) is 5.72. The Balaban J connectivity index is 1.61. The molecule has 2 amide bonds. The highest BCUT2D eigenvalue weighted by atomic mass is 19.1. The van der Waals surface area contributed by atoms with Crippen molar-refractivity contribution in [3.8, 4) is 22.7 Å². The molecule has 1 aliphatic heterocycles. The van der Waals surface area contributed by atoms with E-state index >= 15 is 0 Å². The van der Waals surface area contributed by atoms with E-state index in [9.17, 15) is 9.18 Å². The van der Waals surface area contributed by atoms with E-state index in [2.05, 4.69) is 37.1 Å². The molecule has 0 aliphatic carbocycles. The van der Waals surface area contributed by atoms with Gasteiger partial charge in [-0.15, -0.1) is 0 Å². The third-order valence-electron chi connectivity index (χ3n) is 7.26. The van der Waals surface area contributed by atoms with E-state index < -0.39 is 6.03 Å². The molecule has 2 heterocycles. The minimum Gasteiger partial charge on any atom is -0.491 e. The van der Waals surface area contributed by atoms with E-state index in [1.807, 2.05) is 54.1 Å². The van der Waals surface area contributed by atoms with Gasteiger partial charge in [0.05, 0.1) is 18.0 Å². The lowest BCUT2D eigenvalue weighted by Gasteiger charge is -2.27. The number of nitrogens with zero attached hydrogens (tertiary/aromatic N) is 3. The molecule has 0 spiro atoms. The third-order valence-corrected chi connectivity index (χ3v) is 7.26. The van der Waals surface area contributed by atoms with E-state index in [4.69, 9.17) is 15.6 Å². The van der Waals surface area contributed by atoms with Crippen molar-refractivity contribution in [2.45, 2.75) is 47.2 Å². The molecule has 0 radical (unpaired) electrons. The van der Waals surface area contributed by atoms with E-state index in [0.717, 1.165) is 63.6 Å². The maximum atomic E-state index is 14.7. The number of ether oxygens (including phenoxy) is 1. The van der Waals surface area contributed by atoms with Gasteiger partial charge in [0.2, 0.25) is 0 Å². The van der Waals surface area contributed by atoms with Crippen LogP contribution >= 0.6 is 0 Å². The molecule has 0 saturated carbocycles.